The number of alkyl halides is 1. The average molecular weight is 380 g/mol. The standard InChI is InChI=1S/C21H21FN4O2/c1-21(2,22)14-5-7-15(8-6-14)26-17-9-4-13(20(27)28-3)10-16(17)18-11-19(23)25-12-24-18/h4-12,26H,1-3H3,(H2,23,24,25). The minimum Gasteiger partial charge on any atom is -0.465 e. The summed E-state index contributed by atoms with van der Waals surface area (Å²) in [6, 6.07) is 13.8. The summed E-state index contributed by atoms with van der Waals surface area (Å²) in [6.07, 6.45) is 1.36. The molecule has 1 aromatic heterocycles. The fourth-order valence-electron chi connectivity index (χ4n) is 2.74. The number of nitrogens with two attached hydrogens (primary N) is 1. The van der Waals surface area contributed by atoms with E-state index in [9.17, 15) is 9.18 Å². The molecular weight excluding hydrogens is 359 g/mol. The lowest BCUT2D eigenvalue weighted by atomic mass is 10.00. The van der Waals surface area contributed by atoms with E-state index < -0.39 is 11.6 Å². The van der Waals surface area contributed by atoms with Crippen LogP contribution in [0.2, 0.25) is 0 Å². The third-order valence-corrected chi connectivity index (χ3v) is 4.26. The van der Waals surface area contributed by atoms with Crippen LogP contribution in [0.25, 0.3) is 11.3 Å². The quantitative estimate of drug-likeness (QED) is 0.635. The maximum atomic E-state index is 14.1. The van der Waals surface area contributed by atoms with E-state index >= 15 is 0 Å². The van der Waals surface area contributed by atoms with Crippen LogP contribution in [0.1, 0.15) is 29.8 Å². The largest absolute Gasteiger partial charge is 0.465 e. The van der Waals surface area contributed by atoms with Gasteiger partial charge in [-0.15, -0.1) is 0 Å². The van der Waals surface area contributed by atoms with Gasteiger partial charge in [0.25, 0.3) is 0 Å². The first kappa shape index (κ1) is 19.3. The normalized spacial score (nSPS) is 11.1. The number of anilines is 3. The van der Waals surface area contributed by atoms with Gasteiger partial charge in [0, 0.05) is 23.0 Å². The Morgan fingerprint density at radius 2 is 1.82 bits per heavy atom. The molecule has 0 aliphatic heterocycles. The van der Waals surface area contributed by atoms with Crippen LogP contribution in [0.5, 0.6) is 0 Å². The van der Waals surface area contributed by atoms with Crippen LogP contribution in [0.3, 0.4) is 0 Å². The molecule has 0 amide bonds. The highest BCUT2D eigenvalue weighted by atomic mass is 19.1. The van der Waals surface area contributed by atoms with Gasteiger partial charge < -0.3 is 15.8 Å². The Balaban J connectivity index is 2.01. The molecule has 2 aromatic carbocycles. The molecule has 0 radical (unpaired) electrons. The number of nitrogens with zero attached hydrogens (tertiary/aromatic N) is 2. The van der Waals surface area contributed by atoms with Crippen LogP contribution in [-0.4, -0.2) is 23.0 Å². The molecule has 28 heavy (non-hydrogen) atoms. The highest BCUT2D eigenvalue weighted by molar-refractivity contribution is 5.93. The van der Waals surface area contributed by atoms with Crippen molar-refractivity contribution in [3.8, 4) is 11.3 Å². The van der Waals surface area contributed by atoms with Crippen molar-refractivity contribution in [3.63, 3.8) is 0 Å². The van der Waals surface area contributed by atoms with Crippen molar-refractivity contribution in [2.75, 3.05) is 18.2 Å². The van der Waals surface area contributed by atoms with Crippen molar-refractivity contribution >= 4 is 23.2 Å². The summed E-state index contributed by atoms with van der Waals surface area (Å²) < 4.78 is 18.9. The monoisotopic (exact) mass is 380 g/mol. The molecule has 0 aliphatic rings. The molecule has 0 aliphatic carbocycles. The molecule has 0 atom stereocenters. The fourth-order valence-corrected chi connectivity index (χ4v) is 2.74. The van der Waals surface area contributed by atoms with E-state index in [1.807, 2.05) is 0 Å². The number of methoxy groups -OCH3 is 1. The Labute approximate surface area is 162 Å². The molecule has 1 heterocycles. The Bertz CT molecular complexity index is 998. The Kier molecular flexibility index (Phi) is 5.26. The third kappa shape index (κ3) is 4.25. The van der Waals surface area contributed by atoms with E-state index in [2.05, 4.69) is 15.3 Å². The average Bonchev–Trinajstić information content (AvgIpc) is 2.67. The fraction of sp³-hybridized carbons (Fsp3) is 0.190. The lowest BCUT2D eigenvalue weighted by Crippen LogP contribution is -2.08. The molecule has 0 saturated heterocycles. The Morgan fingerprint density at radius 1 is 1.11 bits per heavy atom. The molecular formula is C21H21FN4O2. The number of nitrogens with one attached hydrogen (secondary N) is 1. The van der Waals surface area contributed by atoms with Crippen LogP contribution in [0.15, 0.2) is 54.9 Å². The molecule has 144 valence electrons. The molecule has 0 saturated carbocycles. The smallest absolute Gasteiger partial charge is 0.337 e. The molecule has 3 rings (SSSR count). The minimum atomic E-state index is -1.41. The van der Waals surface area contributed by atoms with Gasteiger partial charge in [-0.3, -0.25) is 0 Å². The summed E-state index contributed by atoms with van der Waals surface area (Å²) in [5.41, 5.74) is 8.03. The molecule has 0 bridgehead atoms. The van der Waals surface area contributed by atoms with Crippen LogP contribution in [0, 0.1) is 0 Å². The predicted molar refractivity (Wildman–Crippen MR) is 107 cm³/mol. The van der Waals surface area contributed by atoms with Gasteiger partial charge in [-0.05, 0) is 49.7 Å². The zero-order valence-electron chi connectivity index (χ0n) is 15.9. The molecule has 7 heteroatoms. The van der Waals surface area contributed by atoms with E-state index in [1.165, 1.54) is 27.3 Å². The number of halogens is 1. The van der Waals surface area contributed by atoms with Gasteiger partial charge >= 0.3 is 5.97 Å². The van der Waals surface area contributed by atoms with Crippen LogP contribution >= 0.6 is 0 Å². The topological polar surface area (TPSA) is 90.1 Å². The van der Waals surface area contributed by atoms with Gasteiger partial charge in [-0.1, -0.05) is 12.1 Å². The van der Waals surface area contributed by atoms with E-state index in [4.69, 9.17) is 10.5 Å². The van der Waals surface area contributed by atoms with Crippen molar-refractivity contribution in [1.82, 2.24) is 9.97 Å². The van der Waals surface area contributed by atoms with Crippen LogP contribution < -0.4 is 11.1 Å². The highest BCUT2D eigenvalue weighted by Crippen LogP contribution is 2.32. The molecule has 0 spiro atoms. The maximum Gasteiger partial charge on any atom is 0.337 e. The number of hydrogen-bond acceptors (Lipinski definition) is 6. The van der Waals surface area contributed by atoms with Crippen LogP contribution in [-0.2, 0) is 10.4 Å². The second-order valence-electron chi connectivity index (χ2n) is 6.75. The number of benzene rings is 2. The zero-order valence-corrected chi connectivity index (χ0v) is 15.9. The number of nitrogen functional groups attached to an aromatic ring is 1. The van der Waals surface area contributed by atoms with Crippen molar-refractivity contribution in [1.29, 1.82) is 0 Å². The van der Waals surface area contributed by atoms with Gasteiger partial charge in [-0.2, -0.15) is 0 Å². The Morgan fingerprint density at radius 3 is 2.43 bits per heavy atom. The van der Waals surface area contributed by atoms with Crippen LogP contribution in [0.4, 0.5) is 21.6 Å². The van der Waals surface area contributed by atoms with E-state index in [1.54, 1.807) is 48.5 Å². The summed E-state index contributed by atoms with van der Waals surface area (Å²) in [6.45, 7) is 3.02. The second kappa shape index (κ2) is 7.64. The van der Waals surface area contributed by atoms with E-state index in [0.717, 1.165) is 5.69 Å². The molecule has 0 fully saturated rings. The SMILES string of the molecule is COC(=O)c1ccc(Nc2ccc(C(C)(C)F)cc2)c(-c2cc(N)ncn2)c1. The van der Waals surface area contributed by atoms with Gasteiger partial charge in [0.05, 0.1) is 18.4 Å². The molecule has 3 aromatic rings. The predicted octanol–water partition coefficient (Wildman–Crippen LogP) is 4.46. The number of rotatable bonds is 5. The number of carbonyl (C=O) groups excluding carboxylic acids is 1. The number of esters is 1. The first-order valence-electron chi connectivity index (χ1n) is 8.64. The second-order valence-corrected chi connectivity index (χ2v) is 6.75. The van der Waals surface area contributed by atoms with Crippen molar-refractivity contribution in [3.05, 3.63) is 66.0 Å². The van der Waals surface area contributed by atoms with Crippen molar-refractivity contribution in [2.45, 2.75) is 19.5 Å². The van der Waals surface area contributed by atoms with Gasteiger partial charge in [0.2, 0.25) is 0 Å². The summed E-state index contributed by atoms with van der Waals surface area (Å²) in [4.78, 5) is 20.1. The van der Waals surface area contributed by atoms with Crippen molar-refractivity contribution in [2.24, 2.45) is 0 Å². The first-order valence-corrected chi connectivity index (χ1v) is 8.64. The highest BCUT2D eigenvalue weighted by Gasteiger charge is 2.18. The van der Waals surface area contributed by atoms with Crippen molar-refractivity contribution < 1.29 is 13.9 Å². The number of aromatic nitrogens is 2. The summed E-state index contributed by atoms with van der Waals surface area (Å²) >= 11 is 0. The molecule has 0 unspecified atom stereocenters. The number of hydrogen-bond donors (Lipinski definition) is 2. The summed E-state index contributed by atoms with van der Waals surface area (Å²) in [5.74, 6) is -0.140. The third-order valence-electron chi connectivity index (χ3n) is 4.26. The molecule has 3 N–H and O–H groups in total. The minimum absolute atomic E-state index is 0.314. The summed E-state index contributed by atoms with van der Waals surface area (Å²) in [5, 5.41) is 3.28. The Hall–Kier alpha value is -3.48. The van der Waals surface area contributed by atoms with Gasteiger partial charge in [-0.25, -0.2) is 19.2 Å². The number of ether oxygens (including phenoxy) is 1. The number of carbonyl (C=O) groups is 1. The zero-order chi connectivity index (χ0) is 20.3. The lowest BCUT2D eigenvalue weighted by molar-refractivity contribution is 0.0601. The molecule has 6 nitrogen and oxygen atoms in total. The van der Waals surface area contributed by atoms with E-state index in [0.29, 0.717) is 33.9 Å². The summed E-state index contributed by atoms with van der Waals surface area (Å²) in [7, 11) is 1.32. The van der Waals surface area contributed by atoms with Gasteiger partial charge in [0.15, 0.2) is 0 Å². The maximum absolute atomic E-state index is 14.1. The first-order chi connectivity index (χ1) is 13.3. The lowest BCUT2D eigenvalue weighted by Gasteiger charge is -2.16. The van der Waals surface area contributed by atoms with Gasteiger partial charge in [0.1, 0.15) is 17.8 Å². The van der Waals surface area contributed by atoms with E-state index in [-0.39, 0.29) is 0 Å².